The number of esters is 1. The van der Waals surface area contributed by atoms with Gasteiger partial charge in [-0.15, -0.1) is 0 Å². The lowest BCUT2D eigenvalue weighted by Crippen LogP contribution is -2.13. The first-order chi connectivity index (χ1) is 11.2. The fourth-order valence-corrected chi connectivity index (χ4v) is 2.63. The molecule has 0 heterocycles. The summed E-state index contributed by atoms with van der Waals surface area (Å²) in [4.78, 5) is 25.3. The number of ether oxygens (including phenoxy) is 1. The van der Waals surface area contributed by atoms with E-state index in [4.69, 9.17) is 4.74 Å². The molecule has 0 amide bonds. The third-order valence-corrected chi connectivity index (χ3v) is 3.69. The average Bonchev–Trinajstić information content (AvgIpc) is 2.61. The third kappa shape index (κ3) is 2.86. The number of fused-ring (bicyclic) bond motifs is 1. The minimum atomic E-state index is -0.475. The molecule has 0 saturated heterocycles. The van der Waals surface area contributed by atoms with Crippen LogP contribution in [0.25, 0.3) is 10.8 Å². The van der Waals surface area contributed by atoms with Gasteiger partial charge in [-0.25, -0.2) is 4.79 Å². The molecule has 0 radical (unpaired) electrons. The van der Waals surface area contributed by atoms with E-state index >= 15 is 0 Å². The zero-order chi connectivity index (χ0) is 16.2. The molecule has 0 unspecified atom stereocenters. The molecule has 114 valence electrons. The summed E-state index contributed by atoms with van der Waals surface area (Å²) in [5.41, 5.74) is 1.25. The first kappa shape index (κ1) is 15.0. The minimum Gasteiger partial charge on any atom is -0.462 e. The molecule has 0 aromatic heterocycles. The van der Waals surface area contributed by atoms with Crippen molar-refractivity contribution in [2.45, 2.75) is 6.92 Å². The van der Waals surface area contributed by atoms with E-state index in [-0.39, 0.29) is 12.4 Å². The van der Waals surface area contributed by atoms with Crippen LogP contribution < -0.4 is 0 Å². The predicted octanol–water partition coefficient (Wildman–Crippen LogP) is 4.25. The van der Waals surface area contributed by atoms with Crippen molar-refractivity contribution in [2.75, 3.05) is 6.61 Å². The molecule has 0 N–H and O–H groups in total. The Kier molecular flexibility index (Phi) is 4.20. The molecular weight excluding hydrogens is 288 g/mol. The van der Waals surface area contributed by atoms with Crippen molar-refractivity contribution in [3.8, 4) is 0 Å². The summed E-state index contributed by atoms with van der Waals surface area (Å²) < 4.78 is 5.11. The number of benzene rings is 3. The summed E-state index contributed by atoms with van der Waals surface area (Å²) >= 11 is 0. The van der Waals surface area contributed by atoms with Gasteiger partial charge in [-0.05, 0) is 23.8 Å². The summed E-state index contributed by atoms with van der Waals surface area (Å²) in [6, 6.07) is 20.0. The second-order valence-corrected chi connectivity index (χ2v) is 5.12. The number of ketones is 1. The van der Waals surface area contributed by atoms with Gasteiger partial charge in [-0.1, -0.05) is 60.7 Å². The number of carbonyl (C=O) groups excluding carboxylic acids is 2. The zero-order valence-electron chi connectivity index (χ0n) is 12.8. The Hall–Kier alpha value is -2.94. The molecule has 3 heteroatoms. The summed E-state index contributed by atoms with van der Waals surface area (Å²) in [6.45, 7) is 2.02. The molecule has 0 aliphatic rings. The SMILES string of the molecule is CCOC(=O)c1ccc2ccccc2c1C(=O)c1ccccc1. The van der Waals surface area contributed by atoms with Gasteiger partial charge in [0.2, 0.25) is 0 Å². The van der Waals surface area contributed by atoms with Crippen LogP contribution in [0.1, 0.15) is 33.2 Å². The predicted molar refractivity (Wildman–Crippen MR) is 89.8 cm³/mol. The molecule has 0 spiro atoms. The fraction of sp³-hybridized carbons (Fsp3) is 0.100. The largest absolute Gasteiger partial charge is 0.462 e. The van der Waals surface area contributed by atoms with Gasteiger partial charge < -0.3 is 4.74 Å². The van der Waals surface area contributed by atoms with E-state index < -0.39 is 5.97 Å². The maximum absolute atomic E-state index is 13.0. The molecule has 3 aromatic rings. The molecule has 0 aliphatic carbocycles. The molecule has 0 fully saturated rings. The van der Waals surface area contributed by atoms with Crippen LogP contribution >= 0.6 is 0 Å². The van der Waals surface area contributed by atoms with Crippen molar-refractivity contribution in [1.29, 1.82) is 0 Å². The molecule has 0 atom stereocenters. The molecule has 0 aliphatic heterocycles. The molecular formula is C20H16O3. The Morgan fingerprint density at radius 2 is 1.57 bits per heavy atom. The van der Waals surface area contributed by atoms with E-state index in [0.717, 1.165) is 10.8 Å². The van der Waals surface area contributed by atoms with Crippen LogP contribution in [0.2, 0.25) is 0 Å². The smallest absolute Gasteiger partial charge is 0.338 e. The quantitative estimate of drug-likeness (QED) is 0.534. The van der Waals surface area contributed by atoms with Gasteiger partial charge in [0, 0.05) is 11.1 Å². The highest BCUT2D eigenvalue weighted by Crippen LogP contribution is 2.26. The van der Waals surface area contributed by atoms with Crippen molar-refractivity contribution in [3.63, 3.8) is 0 Å². The standard InChI is InChI=1S/C20H16O3/c1-2-23-20(22)17-13-12-14-8-6-7-11-16(14)18(17)19(21)15-9-4-3-5-10-15/h3-13H,2H2,1H3. The van der Waals surface area contributed by atoms with Crippen molar-refractivity contribution >= 4 is 22.5 Å². The van der Waals surface area contributed by atoms with Crippen LogP contribution in [0.15, 0.2) is 66.7 Å². The maximum atomic E-state index is 13.0. The van der Waals surface area contributed by atoms with Gasteiger partial charge in [-0.3, -0.25) is 4.79 Å². The summed E-state index contributed by atoms with van der Waals surface area (Å²) in [6.07, 6.45) is 0. The molecule has 23 heavy (non-hydrogen) atoms. The Morgan fingerprint density at radius 1 is 0.870 bits per heavy atom. The van der Waals surface area contributed by atoms with E-state index in [1.54, 1.807) is 25.1 Å². The number of hydrogen-bond acceptors (Lipinski definition) is 3. The van der Waals surface area contributed by atoms with Crippen molar-refractivity contribution in [2.24, 2.45) is 0 Å². The zero-order valence-corrected chi connectivity index (χ0v) is 12.8. The highest BCUT2D eigenvalue weighted by Gasteiger charge is 2.21. The summed E-state index contributed by atoms with van der Waals surface area (Å²) in [5, 5.41) is 1.67. The summed E-state index contributed by atoms with van der Waals surface area (Å²) in [5.74, 6) is -0.650. The highest BCUT2D eigenvalue weighted by molar-refractivity contribution is 6.21. The molecule has 0 bridgehead atoms. The Morgan fingerprint density at radius 3 is 2.30 bits per heavy atom. The second-order valence-electron chi connectivity index (χ2n) is 5.12. The van der Waals surface area contributed by atoms with Gasteiger partial charge in [0.1, 0.15) is 0 Å². The fourth-order valence-electron chi connectivity index (χ4n) is 2.63. The molecule has 3 aromatic carbocycles. The van der Waals surface area contributed by atoms with E-state index in [0.29, 0.717) is 16.7 Å². The Labute approximate surface area is 134 Å². The monoisotopic (exact) mass is 304 g/mol. The lowest BCUT2D eigenvalue weighted by atomic mass is 9.92. The average molecular weight is 304 g/mol. The normalized spacial score (nSPS) is 10.5. The van der Waals surface area contributed by atoms with Crippen LogP contribution in [0.4, 0.5) is 0 Å². The highest BCUT2D eigenvalue weighted by atomic mass is 16.5. The van der Waals surface area contributed by atoms with E-state index in [1.807, 2.05) is 48.5 Å². The Bertz CT molecular complexity index is 866. The first-order valence-electron chi connectivity index (χ1n) is 7.51. The van der Waals surface area contributed by atoms with Crippen LogP contribution in [-0.2, 0) is 4.74 Å². The lowest BCUT2D eigenvalue weighted by Gasteiger charge is -2.12. The number of rotatable bonds is 4. The van der Waals surface area contributed by atoms with Crippen molar-refractivity contribution in [1.82, 2.24) is 0 Å². The van der Waals surface area contributed by atoms with Crippen LogP contribution in [-0.4, -0.2) is 18.4 Å². The molecule has 0 saturated carbocycles. The van der Waals surface area contributed by atoms with E-state index in [2.05, 4.69) is 0 Å². The molecule has 3 nitrogen and oxygen atoms in total. The van der Waals surface area contributed by atoms with Gasteiger partial charge >= 0.3 is 5.97 Å². The van der Waals surface area contributed by atoms with Crippen molar-refractivity contribution in [3.05, 3.63) is 83.4 Å². The van der Waals surface area contributed by atoms with E-state index in [1.165, 1.54) is 0 Å². The summed E-state index contributed by atoms with van der Waals surface area (Å²) in [7, 11) is 0. The lowest BCUT2D eigenvalue weighted by molar-refractivity contribution is 0.0524. The topological polar surface area (TPSA) is 43.4 Å². The van der Waals surface area contributed by atoms with Gasteiger partial charge in [0.15, 0.2) is 5.78 Å². The maximum Gasteiger partial charge on any atom is 0.338 e. The molecule has 3 rings (SSSR count). The van der Waals surface area contributed by atoms with Gasteiger partial charge in [0.25, 0.3) is 0 Å². The first-order valence-corrected chi connectivity index (χ1v) is 7.51. The van der Waals surface area contributed by atoms with E-state index in [9.17, 15) is 9.59 Å². The minimum absolute atomic E-state index is 0.176. The Balaban J connectivity index is 2.25. The van der Waals surface area contributed by atoms with Gasteiger partial charge in [0.05, 0.1) is 12.2 Å². The third-order valence-electron chi connectivity index (χ3n) is 3.69. The second kappa shape index (κ2) is 6.44. The number of carbonyl (C=O) groups is 2. The number of hydrogen-bond donors (Lipinski definition) is 0. The van der Waals surface area contributed by atoms with Crippen molar-refractivity contribution < 1.29 is 14.3 Å². The van der Waals surface area contributed by atoms with Gasteiger partial charge in [-0.2, -0.15) is 0 Å². The van der Waals surface area contributed by atoms with Crippen LogP contribution in [0.3, 0.4) is 0 Å². The van der Waals surface area contributed by atoms with Crippen LogP contribution in [0.5, 0.6) is 0 Å². The van der Waals surface area contributed by atoms with Crippen LogP contribution in [0, 0.1) is 0 Å².